The van der Waals surface area contributed by atoms with Crippen molar-refractivity contribution < 1.29 is 18.0 Å². The summed E-state index contributed by atoms with van der Waals surface area (Å²) < 4.78 is 28.0. The Morgan fingerprint density at radius 3 is 2.38 bits per heavy atom. The Bertz CT molecular complexity index is 1140. The molecule has 2 amide bonds. The van der Waals surface area contributed by atoms with Crippen LogP contribution in [0.2, 0.25) is 0 Å². The van der Waals surface area contributed by atoms with Gasteiger partial charge in [0.15, 0.2) is 0 Å². The molecule has 1 atom stereocenters. The van der Waals surface area contributed by atoms with Gasteiger partial charge in [-0.15, -0.1) is 0 Å². The molecule has 0 saturated carbocycles. The third-order valence-electron chi connectivity index (χ3n) is 6.31. The Balaban J connectivity index is 2.04. The maximum Gasteiger partial charge on any atom is 0.247 e. The first kappa shape index (κ1) is 25.9. The van der Waals surface area contributed by atoms with Crippen LogP contribution in [0.4, 0.5) is 5.69 Å². The number of hydrogen-bond acceptors (Lipinski definition) is 4. The van der Waals surface area contributed by atoms with E-state index in [4.69, 9.17) is 0 Å². The fourth-order valence-corrected chi connectivity index (χ4v) is 5.74. The van der Waals surface area contributed by atoms with Crippen LogP contribution in [-0.2, 0) is 26.0 Å². The minimum atomic E-state index is -3.97. The highest BCUT2D eigenvalue weighted by Gasteiger charge is 2.51. The number of hydrogen-bond donors (Lipinski definition) is 1. The molecule has 0 bridgehead atoms. The first-order valence-corrected chi connectivity index (χ1v) is 13.2. The summed E-state index contributed by atoms with van der Waals surface area (Å²) in [5.41, 5.74) is 1.09. The molecule has 1 fully saturated rings. The second-order valence-electron chi connectivity index (χ2n) is 9.51. The number of piperazine rings is 1. The van der Waals surface area contributed by atoms with Gasteiger partial charge < -0.3 is 5.32 Å². The average molecular weight is 486 g/mol. The molecule has 0 unspecified atom stereocenters. The van der Waals surface area contributed by atoms with Crippen LogP contribution in [0.1, 0.15) is 45.2 Å². The SMILES string of the molecule is CCc1ccccc1N1C(=O)CN(S(=O)(=O)c2ccc(C)cc2)C[C@]1(C)C(=O)NCCC(C)C. The van der Waals surface area contributed by atoms with E-state index in [0.29, 0.717) is 24.6 Å². The second-order valence-corrected chi connectivity index (χ2v) is 11.4. The van der Waals surface area contributed by atoms with E-state index in [1.807, 2.05) is 38.1 Å². The molecule has 1 N–H and O–H groups in total. The quantitative estimate of drug-likeness (QED) is 0.620. The first-order valence-electron chi connectivity index (χ1n) is 11.8. The highest BCUT2D eigenvalue weighted by atomic mass is 32.2. The average Bonchev–Trinajstić information content (AvgIpc) is 2.78. The predicted octanol–water partition coefficient (Wildman–Crippen LogP) is 3.52. The summed E-state index contributed by atoms with van der Waals surface area (Å²) in [6.07, 6.45) is 1.46. The topological polar surface area (TPSA) is 86.8 Å². The molecule has 7 nitrogen and oxygen atoms in total. The highest BCUT2D eigenvalue weighted by Crippen LogP contribution is 2.34. The van der Waals surface area contributed by atoms with Gasteiger partial charge in [-0.3, -0.25) is 14.5 Å². The number of carbonyl (C=O) groups excluding carboxylic acids is 2. The lowest BCUT2D eigenvalue weighted by molar-refractivity contribution is -0.132. The minimum Gasteiger partial charge on any atom is -0.354 e. The molecule has 34 heavy (non-hydrogen) atoms. The van der Waals surface area contributed by atoms with Crippen molar-refractivity contribution in [3.63, 3.8) is 0 Å². The summed E-state index contributed by atoms with van der Waals surface area (Å²) in [7, 11) is -3.97. The monoisotopic (exact) mass is 485 g/mol. The minimum absolute atomic E-state index is 0.107. The van der Waals surface area contributed by atoms with Gasteiger partial charge in [0.1, 0.15) is 5.54 Å². The van der Waals surface area contributed by atoms with E-state index in [1.54, 1.807) is 19.1 Å². The predicted molar refractivity (Wildman–Crippen MR) is 134 cm³/mol. The molecular weight excluding hydrogens is 450 g/mol. The first-order chi connectivity index (χ1) is 16.0. The maximum absolute atomic E-state index is 13.6. The van der Waals surface area contributed by atoms with Crippen molar-refractivity contribution in [3.05, 3.63) is 59.7 Å². The van der Waals surface area contributed by atoms with Crippen LogP contribution >= 0.6 is 0 Å². The zero-order valence-electron chi connectivity index (χ0n) is 20.7. The molecule has 0 aliphatic carbocycles. The van der Waals surface area contributed by atoms with Crippen molar-refractivity contribution in [2.45, 2.75) is 57.9 Å². The molecule has 0 spiro atoms. The Morgan fingerprint density at radius 2 is 1.76 bits per heavy atom. The van der Waals surface area contributed by atoms with Crippen molar-refractivity contribution >= 4 is 27.5 Å². The Labute approximate surface area is 203 Å². The summed E-state index contributed by atoms with van der Waals surface area (Å²) in [6, 6.07) is 14.0. The molecule has 3 rings (SSSR count). The maximum atomic E-state index is 13.6. The van der Waals surface area contributed by atoms with Gasteiger partial charge in [-0.05, 0) is 56.4 Å². The lowest BCUT2D eigenvalue weighted by Gasteiger charge is -2.47. The third-order valence-corrected chi connectivity index (χ3v) is 8.11. The van der Waals surface area contributed by atoms with Crippen LogP contribution in [0.3, 0.4) is 0 Å². The Hall–Kier alpha value is -2.71. The number of amides is 2. The normalized spacial score (nSPS) is 19.5. The summed E-state index contributed by atoms with van der Waals surface area (Å²) in [4.78, 5) is 28.7. The van der Waals surface area contributed by atoms with Crippen molar-refractivity contribution in [3.8, 4) is 0 Å². The van der Waals surface area contributed by atoms with Crippen LogP contribution in [0.25, 0.3) is 0 Å². The van der Waals surface area contributed by atoms with Crippen LogP contribution in [0, 0.1) is 12.8 Å². The third kappa shape index (κ3) is 5.18. The van der Waals surface area contributed by atoms with E-state index in [1.165, 1.54) is 17.0 Å². The van der Waals surface area contributed by atoms with Crippen LogP contribution < -0.4 is 10.2 Å². The van der Waals surface area contributed by atoms with Crippen LogP contribution in [-0.4, -0.2) is 49.7 Å². The van der Waals surface area contributed by atoms with Crippen molar-refractivity contribution in [2.24, 2.45) is 5.92 Å². The highest BCUT2D eigenvalue weighted by molar-refractivity contribution is 7.89. The van der Waals surface area contributed by atoms with Crippen LogP contribution in [0.15, 0.2) is 53.4 Å². The number of para-hydroxylation sites is 1. The van der Waals surface area contributed by atoms with Gasteiger partial charge in [-0.2, -0.15) is 4.31 Å². The lowest BCUT2D eigenvalue weighted by atomic mass is 9.93. The van der Waals surface area contributed by atoms with Gasteiger partial charge in [0, 0.05) is 18.8 Å². The summed E-state index contributed by atoms with van der Waals surface area (Å²) in [5, 5.41) is 2.95. The van der Waals surface area contributed by atoms with E-state index >= 15 is 0 Å². The van der Waals surface area contributed by atoms with E-state index < -0.39 is 21.5 Å². The number of nitrogens with zero attached hydrogens (tertiary/aromatic N) is 2. The largest absolute Gasteiger partial charge is 0.354 e. The zero-order valence-corrected chi connectivity index (χ0v) is 21.5. The fraction of sp³-hybridized carbons (Fsp3) is 0.462. The lowest BCUT2D eigenvalue weighted by Crippen LogP contribution is -2.70. The fourth-order valence-electron chi connectivity index (χ4n) is 4.26. The van der Waals surface area contributed by atoms with Crippen molar-refractivity contribution in [1.82, 2.24) is 9.62 Å². The van der Waals surface area contributed by atoms with Gasteiger partial charge in [-0.1, -0.05) is 56.7 Å². The molecule has 1 heterocycles. The molecule has 2 aromatic carbocycles. The number of aryl methyl sites for hydroxylation is 2. The number of nitrogens with one attached hydrogen (secondary N) is 1. The van der Waals surface area contributed by atoms with Gasteiger partial charge in [0.2, 0.25) is 21.8 Å². The molecule has 1 saturated heterocycles. The second kappa shape index (κ2) is 10.3. The molecule has 0 aromatic heterocycles. The Morgan fingerprint density at radius 1 is 1.12 bits per heavy atom. The molecule has 8 heteroatoms. The van der Waals surface area contributed by atoms with Crippen LogP contribution in [0.5, 0.6) is 0 Å². The van der Waals surface area contributed by atoms with Gasteiger partial charge >= 0.3 is 0 Å². The van der Waals surface area contributed by atoms with Crippen molar-refractivity contribution in [2.75, 3.05) is 24.5 Å². The van der Waals surface area contributed by atoms with Gasteiger partial charge in [0.25, 0.3) is 0 Å². The smallest absolute Gasteiger partial charge is 0.247 e. The van der Waals surface area contributed by atoms with Crippen molar-refractivity contribution in [1.29, 1.82) is 0 Å². The molecule has 1 aliphatic heterocycles. The molecule has 2 aromatic rings. The van der Waals surface area contributed by atoms with E-state index in [9.17, 15) is 18.0 Å². The summed E-state index contributed by atoms with van der Waals surface area (Å²) in [5.74, 6) is -0.392. The number of sulfonamides is 1. The molecule has 1 aliphatic rings. The van der Waals surface area contributed by atoms with Gasteiger partial charge in [-0.25, -0.2) is 8.42 Å². The molecular formula is C26H35N3O4S. The number of rotatable bonds is 8. The van der Waals surface area contributed by atoms with Gasteiger partial charge in [0.05, 0.1) is 11.4 Å². The summed E-state index contributed by atoms with van der Waals surface area (Å²) >= 11 is 0. The standard InChI is InChI=1S/C26H35N3O4S/c1-6-21-9-7-8-10-23(21)29-24(30)17-28(34(32,33)22-13-11-20(4)12-14-22)18-26(29,5)25(31)27-16-15-19(2)3/h7-14,19H,6,15-18H2,1-5H3,(H,27,31)/t26-/m1/s1. The number of benzene rings is 2. The number of anilines is 1. The Kier molecular flexibility index (Phi) is 7.83. The molecule has 0 radical (unpaired) electrons. The summed E-state index contributed by atoms with van der Waals surface area (Å²) in [6.45, 7) is 9.63. The zero-order chi connectivity index (χ0) is 25.1. The van der Waals surface area contributed by atoms with E-state index in [2.05, 4.69) is 19.2 Å². The van der Waals surface area contributed by atoms with E-state index in [0.717, 1.165) is 21.9 Å². The van der Waals surface area contributed by atoms with E-state index in [-0.39, 0.29) is 23.9 Å². The molecule has 184 valence electrons. The number of carbonyl (C=O) groups is 2.